The minimum Gasteiger partial charge on any atom is -0.486 e. The summed E-state index contributed by atoms with van der Waals surface area (Å²) in [5, 5.41) is 2.55. The van der Waals surface area contributed by atoms with Crippen molar-refractivity contribution in [3.63, 3.8) is 0 Å². The lowest BCUT2D eigenvalue weighted by atomic mass is 10.5. The highest BCUT2D eigenvalue weighted by Gasteiger charge is 1.97. The summed E-state index contributed by atoms with van der Waals surface area (Å²) >= 11 is 6.45. The van der Waals surface area contributed by atoms with E-state index >= 15 is 0 Å². The fraction of sp³-hybridized carbons (Fsp3) is 0.167. The number of hydrogen-bond acceptors (Lipinski definition) is 3. The molecule has 0 amide bonds. The van der Waals surface area contributed by atoms with E-state index < -0.39 is 0 Å². The zero-order chi connectivity index (χ0) is 6.69. The first kappa shape index (κ1) is 6.71. The van der Waals surface area contributed by atoms with Crippen LogP contribution in [0.5, 0.6) is 0 Å². The second-order valence-corrected chi connectivity index (χ2v) is 2.79. The van der Waals surface area contributed by atoms with Gasteiger partial charge in [0.05, 0.1) is 12.0 Å². The van der Waals surface area contributed by atoms with Crippen molar-refractivity contribution >= 4 is 28.6 Å². The molecular weight excluding hydrogens is 152 g/mol. The van der Waals surface area contributed by atoms with Crippen molar-refractivity contribution in [2.75, 3.05) is 7.11 Å². The van der Waals surface area contributed by atoms with Gasteiger partial charge in [-0.05, 0) is 23.7 Å². The average molecular weight is 158 g/mol. The van der Waals surface area contributed by atoms with Gasteiger partial charge in [0.25, 0.3) is 0 Å². The maximum absolute atomic E-state index is 4.86. The normalized spacial score (nSPS) is 9.00. The molecule has 1 aromatic rings. The van der Waals surface area contributed by atoms with Crippen molar-refractivity contribution in [2.45, 2.75) is 0 Å². The van der Waals surface area contributed by atoms with Gasteiger partial charge in [0.2, 0.25) is 5.05 Å². The van der Waals surface area contributed by atoms with Crippen molar-refractivity contribution in [2.24, 2.45) is 0 Å². The van der Waals surface area contributed by atoms with Crippen LogP contribution in [0.3, 0.4) is 0 Å². The van der Waals surface area contributed by atoms with Crippen LogP contribution in [-0.2, 0) is 4.74 Å². The maximum atomic E-state index is 4.86. The van der Waals surface area contributed by atoms with Gasteiger partial charge in [-0.25, -0.2) is 0 Å². The van der Waals surface area contributed by atoms with Crippen LogP contribution in [0.4, 0.5) is 0 Å². The van der Waals surface area contributed by atoms with Crippen LogP contribution in [0.2, 0.25) is 0 Å². The van der Waals surface area contributed by atoms with Crippen LogP contribution >= 0.6 is 23.6 Å². The molecule has 0 saturated heterocycles. The first-order valence-electron chi connectivity index (χ1n) is 2.46. The topological polar surface area (TPSA) is 9.23 Å². The summed E-state index contributed by atoms with van der Waals surface area (Å²) < 4.78 is 4.84. The largest absolute Gasteiger partial charge is 0.486 e. The maximum Gasteiger partial charge on any atom is 0.201 e. The number of rotatable bonds is 1. The zero-order valence-electron chi connectivity index (χ0n) is 4.96. The van der Waals surface area contributed by atoms with Crippen LogP contribution in [0.15, 0.2) is 17.5 Å². The van der Waals surface area contributed by atoms with E-state index in [1.54, 1.807) is 18.4 Å². The predicted molar refractivity (Wildman–Crippen MR) is 43.0 cm³/mol. The van der Waals surface area contributed by atoms with Gasteiger partial charge in [-0.3, -0.25) is 0 Å². The number of ether oxygens (including phenoxy) is 1. The van der Waals surface area contributed by atoms with E-state index in [4.69, 9.17) is 17.0 Å². The summed E-state index contributed by atoms with van der Waals surface area (Å²) in [4.78, 5) is 1.02. The van der Waals surface area contributed by atoms with Crippen molar-refractivity contribution in [3.05, 3.63) is 22.4 Å². The van der Waals surface area contributed by atoms with E-state index in [1.807, 2.05) is 17.5 Å². The van der Waals surface area contributed by atoms with Gasteiger partial charge < -0.3 is 4.74 Å². The van der Waals surface area contributed by atoms with Gasteiger partial charge in [-0.1, -0.05) is 6.07 Å². The minimum absolute atomic E-state index is 0.574. The molecule has 1 nitrogen and oxygen atoms in total. The molecular formula is C6H6OS2. The highest BCUT2D eigenvalue weighted by atomic mass is 32.1. The Balaban J connectivity index is 2.77. The molecule has 48 valence electrons. The van der Waals surface area contributed by atoms with Crippen molar-refractivity contribution in [3.8, 4) is 0 Å². The molecule has 0 radical (unpaired) electrons. The summed E-state index contributed by atoms with van der Waals surface area (Å²) in [6, 6.07) is 3.89. The summed E-state index contributed by atoms with van der Waals surface area (Å²) in [5.74, 6) is 0. The monoisotopic (exact) mass is 158 g/mol. The van der Waals surface area contributed by atoms with Crippen LogP contribution in [-0.4, -0.2) is 12.2 Å². The fourth-order valence-electron chi connectivity index (χ4n) is 0.495. The van der Waals surface area contributed by atoms with Gasteiger partial charge in [-0.15, -0.1) is 11.3 Å². The molecule has 9 heavy (non-hydrogen) atoms. The summed E-state index contributed by atoms with van der Waals surface area (Å²) in [6.07, 6.45) is 0. The standard InChI is InChI=1S/C6H6OS2/c1-7-6(8)5-3-2-4-9-5/h2-4H,1H3. The Bertz CT molecular complexity index is 191. The van der Waals surface area contributed by atoms with Gasteiger partial charge in [-0.2, -0.15) is 0 Å². The van der Waals surface area contributed by atoms with E-state index in [9.17, 15) is 0 Å². The molecule has 0 unspecified atom stereocenters. The van der Waals surface area contributed by atoms with Crippen LogP contribution < -0.4 is 0 Å². The zero-order valence-corrected chi connectivity index (χ0v) is 6.59. The highest BCUT2D eigenvalue weighted by molar-refractivity contribution is 7.80. The Morgan fingerprint density at radius 2 is 2.56 bits per heavy atom. The first-order chi connectivity index (χ1) is 4.34. The summed E-state index contributed by atoms with van der Waals surface area (Å²) in [7, 11) is 1.59. The molecule has 0 saturated carbocycles. The number of thiocarbonyl (C=S) groups is 1. The molecule has 0 bridgehead atoms. The molecule has 0 atom stereocenters. The predicted octanol–water partition coefficient (Wildman–Crippen LogP) is 2.07. The van der Waals surface area contributed by atoms with Crippen LogP contribution in [0.25, 0.3) is 0 Å². The quantitative estimate of drug-likeness (QED) is 0.579. The van der Waals surface area contributed by atoms with Crippen molar-refractivity contribution in [1.82, 2.24) is 0 Å². The average Bonchev–Trinajstić information content (AvgIpc) is 2.37. The van der Waals surface area contributed by atoms with E-state index in [0.29, 0.717) is 5.05 Å². The van der Waals surface area contributed by atoms with Gasteiger partial charge in [0, 0.05) is 0 Å². The number of methoxy groups -OCH3 is 1. The second-order valence-electron chi connectivity index (χ2n) is 1.47. The lowest BCUT2D eigenvalue weighted by Gasteiger charge is -1.94. The lowest BCUT2D eigenvalue weighted by Crippen LogP contribution is -1.94. The smallest absolute Gasteiger partial charge is 0.201 e. The molecule has 0 aliphatic carbocycles. The number of thiophene rings is 1. The Kier molecular flexibility index (Phi) is 2.19. The van der Waals surface area contributed by atoms with E-state index in [-0.39, 0.29) is 0 Å². The third-order valence-corrected chi connectivity index (χ3v) is 2.29. The number of hydrogen-bond donors (Lipinski definition) is 0. The molecule has 1 rings (SSSR count). The Hall–Kier alpha value is -0.410. The summed E-state index contributed by atoms with van der Waals surface area (Å²) in [5.41, 5.74) is 0. The van der Waals surface area contributed by atoms with Crippen LogP contribution in [0.1, 0.15) is 4.88 Å². The van der Waals surface area contributed by atoms with Crippen molar-refractivity contribution in [1.29, 1.82) is 0 Å². The van der Waals surface area contributed by atoms with Gasteiger partial charge >= 0.3 is 0 Å². The minimum atomic E-state index is 0.574. The highest BCUT2D eigenvalue weighted by Crippen LogP contribution is 2.09. The van der Waals surface area contributed by atoms with E-state index in [1.165, 1.54) is 0 Å². The summed E-state index contributed by atoms with van der Waals surface area (Å²) in [6.45, 7) is 0. The van der Waals surface area contributed by atoms with Crippen LogP contribution in [0, 0.1) is 0 Å². The Labute approximate surface area is 63.3 Å². The van der Waals surface area contributed by atoms with Gasteiger partial charge in [0.15, 0.2) is 0 Å². The first-order valence-corrected chi connectivity index (χ1v) is 3.75. The molecule has 0 aliphatic heterocycles. The molecule has 0 N–H and O–H groups in total. The third kappa shape index (κ3) is 1.50. The molecule has 0 aromatic carbocycles. The lowest BCUT2D eigenvalue weighted by molar-refractivity contribution is 0.417. The second kappa shape index (κ2) is 2.94. The molecule has 1 aromatic heterocycles. The SMILES string of the molecule is COC(=S)c1cccs1. The molecule has 0 fully saturated rings. The third-order valence-electron chi connectivity index (χ3n) is 0.908. The molecule has 1 heterocycles. The van der Waals surface area contributed by atoms with Crippen molar-refractivity contribution < 1.29 is 4.74 Å². The van der Waals surface area contributed by atoms with Gasteiger partial charge in [0.1, 0.15) is 0 Å². The molecule has 0 aliphatic rings. The van der Waals surface area contributed by atoms with E-state index in [0.717, 1.165) is 4.88 Å². The molecule has 0 spiro atoms. The van der Waals surface area contributed by atoms with E-state index in [2.05, 4.69) is 0 Å². The Morgan fingerprint density at radius 1 is 1.78 bits per heavy atom. The Morgan fingerprint density at radius 3 is 3.00 bits per heavy atom. The molecule has 3 heteroatoms. The fourth-order valence-corrected chi connectivity index (χ4v) is 1.35.